The first-order valence-electron chi connectivity index (χ1n) is 6.96. The Labute approximate surface area is 141 Å². The SMILES string of the molecule is COC(=O)c1c(I)c(C)nn1CCO[Si](C)(C)C(C)(C)C. The second-order valence-corrected chi connectivity index (χ2v) is 12.5. The number of aryl methyl sites for hydroxylation is 1. The van der Waals surface area contributed by atoms with Gasteiger partial charge in [0.2, 0.25) is 0 Å². The van der Waals surface area contributed by atoms with Gasteiger partial charge in [0.1, 0.15) is 0 Å². The van der Waals surface area contributed by atoms with E-state index >= 15 is 0 Å². The Bertz CT molecular complexity index is 521. The normalized spacial score (nSPS) is 12.6. The van der Waals surface area contributed by atoms with Crippen molar-refractivity contribution in [1.29, 1.82) is 0 Å². The number of hydrogen-bond acceptors (Lipinski definition) is 4. The van der Waals surface area contributed by atoms with Gasteiger partial charge in [-0.3, -0.25) is 4.68 Å². The molecule has 0 saturated heterocycles. The van der Waals surface area contributed by atoms with Crippen LogP contribution in [0.5, 0.6) is 0 Å². The van der Waals surface area contributed by atoms with Crippen LogP contribution in [0, 0.1) is 10.5 Å². The molecule has 5 nitrogen and oxygen atoms in total. The van der Waals surface area contributed by atoms with Crippen LogP contribution in [0.4, 0.5) is 0 Å². The topological polar surface area (TPSA) is 53.3 Å². The quantitative estimate of drug-likeness (QED) is 0.412. The first kappa shape index (κ1) is 18.6. The van der Waals surface area contributed by atoms with Crippen LogP contribution in [-0.4, -0.2) is 37.8 Å². The van der Waals surface area contributed by atoms with Crippen LogP contribution in [-0.2, 0) is 15.7 Å². The van der Waals surface area contributed by atoms with Gasteiger partial charge >= 0.3 is 5.97 Å². The summed E-state index contributed by atoms with van der Waals surface area (Å²) in [6.07, 6.45) is 0. The van der Waals surface area contributed by atoms with E-state index < -0.39 is 8.32 Å². The first-order chi connectivity index (χ1) is 9.51. The summed E-state index contributed by atoms with van der Waals surface area (Å²) in [5.41, 5.74) is 1.35. The van der Waals surface area contributed by atoms with Gasteiger partial charge in [0.25, 0.3) is 0 Å². The molecular formula is C14H25IN2O3Si. The van der Waals surface area contributed by atoms with Crippen LogP contribution in [0.15, 0.2) is 0 Å². The van der Waals surface area contributed by atoms with Crippen LogP contribution in [0.25, 0.3) is 0 Å². The zero-order chi connectivity index (χ0) is 16.4. The van der Waals surface area contributed by atoms with Gasteiger partial charge in [0.15, 0.2) is 14.0 Å². The molecule has 0 unspecified atom stereocenters. The predicted molar refractivity (Wildman–Crippen MR) is 94.2 cm³/mol. The second kappa shape index (κ2) is 6.78. The molecule has 0 aliphatic rings. The fourth-order valence-electron chi connectivity index (χ4n) is 1.62. The molecule has 0 saturated carbocycles. The van der Waals surface area contributed by atoms with Gasteiger partial charge in [-0.25, -0.2) is 4.79 Å². The van der Waals surface area contributed by atoms with Crippen molar-refractivity contribution in [3.05, 3.63) is 15.0 Å². The summed E-state index contributed by atoms with van der Waals surface area (Å²) < 4.78 is 13.5. The van der Waals surface area contributed by atoms with Crippen LogP contribution >= 0.6 is 22.6 Å². The number of rotatable bonds is 5. The summed E-state index contributed by atoms with van der Waals surface area (Å²) in [4.78, 5) is 11.9. The molecule has 7 heteroatoms. The van der Waals surface area contributed by atoms with Gasteiger partial charge in [0, 0.05) is 0 Å². The molecule has 0 N–H and O–H groups in total. The molecular weight excluding hydrogens is 399 g/mol. The van der Waals surface area contributed by atoms with Gasteiger partial charge in [-0.15, -0.1) is 0 Å². The minimum atomic E-state index is -1.78. The highest BCUT2D eigenvalue weighted by Gasteiger charge is 2.37. The van der Waals surface area contributed by atoms with Crippen molar-refractivity contribution in [3.63, 3.8) is 0 Å². The Morgan fingerprint density at radius 3 is 2.43 bits per heavy atom. The van der Waals surface area contributed by atoms with E-state index in [4.69, 9.17) is 9.16 Å². The Hall–Kier alpha value is -0.413. The van der Waals surface area contributed by atoms with Crippen molar-refractivity contribution >= 4 is 36.9 Å². The lowest BCUT2D eigenvalue weighted by atomic mass is 10.2. The lowest BCUT2D eigenvalue weighted by Gasteiger charge is -2.36. The largest absolute Gasteiger partial charge is 0.464 e. The maximum absolute atomic E-state index is 11.9. The zero-order valence-electron chi connectivity index (χ0n) is 13.9. The summed E-state index contributed by atoms with van der Waals surface area (Å²) in [5.74, 6) is -0.354. The number of ether oxygens (including phenoxy) is 1. The van der Waals surface area contributed by atoms with E-state index in [2.05, 4.69) is 61.6 Å². The van der Waals surface area contributed by atoms with Crippen molar-refractivity contribution in [3.8, 4) is 0 Å². The Kier molecular flexibility index (Phi) is 6.02. The average molecular weight is 424 g/mol. The fourth-order valence-corrected chi connectivity index (χ4v) is 3.26. The summed E-state index contributed by atoms with van der Waals surface area (Å²) in [5, 5.41) is 4.58. The average Bonchev–Trinajstić information content (AvgIpc) is 2.63. The molecule has 0 spiro atoms. The van der Waals surface area contributed by atoms with Gasteiger partial charge in [0.05, 0.1) is 29.5 Å². The molecule has 21 heavy (non-hydrogen) atoms. The monoisotopic (exact) mass is 424 g/mol. The molecule has 0 aliphatic carbocycles. The van der Waals surface area contributed by atoms with E-state index in [0.29, 0.717) is 18.8 Å². The van der Waals surface area contributed by atoms with Crippen molar-refractivity contribution in [2.45, 2.75) is 52.4 Å². The fraction of sp³-hybridized carbons (Fsp3) is 0.714. The van der Waals surface area contributed by atoms with Gasteiger partial charge in [-0.05, 0) is 47.6 Å². The maximum Gasteiger partial charge on any atom is 0.357 e. The molecule has 0 fully saturated rings. The third-order valence-corrected chi connectivity index (χ3v) is 9.83. The van der Waals surface area contributed by atoms with Crippen molar-refractivity contribution in [2.24, 2.45) is 0 Å². The summed E-state index contributed by atoms with van der Waals surface area (Å²) >= 11 is 2.13. The number of nitrogens with zero attached hydrogens (tertiary/aromatic N) is 2. The highest BCUT2D eigenvalue weighted by Crippen LogP contribution is 2.36. The lowest BCUT2D eigenvalue weighted by molar-refractivity contribution is 0.0584. The van der Waals surface area contributed by atoms with Crippen molar-refractivity contribution in [2.75, 3.05) is 13.7 Å². The minimum absolute atomic E-state index is 0.173. The van der Waals surface area contributed by atoms with E-state index in [1.807, 2.05) is 6.92 Å². The molecule has 1 rings (SSSR count). The molecule has 0 bridgehead atoms. The molecule has 0 radical (unpaired) electrons. The van der Waals surface area contributed by atoms with Crippen molar-refractivity contribution < 1.29 is 14.0 Å². The zero-order valence-corrected chi connectivity index (χ0v) is 17.1. The standard InChI is InChI=1S/C14H25IN2O3Si/c1-10-11(15)12(13(18)19-5)17(16-10)8-9-20-21(6,7)14(2,3)4/h8-9H2,1-7H3. The lowest BCUT2D eigenvalue weighted by Crippen LogP contribution is -2.41. The predicted octanol–water partition coefficient (Wildman–Crippen LogP) is 3.60. The third-order valence-electron chi connectivity index (χ3n) is 4.01. The maximum atomic E-state index is 11.9. The first-order valence-corrected chi connectivity index (χ1v) is 10.9. The Morgan fingerprint density at radius 2 is 1.95 bits per heavy atom. The van der Waals surface area contributed by atoms with E-state index in [0.717, 1.165) is 9.26 Å². The number of hydrogen-bond donors (Lipinski definition) is 0. The smallest absolute Gasteiger partial charge is 0.357 e. The number of carbonyl (C=O) groups excluding carboxylic acids is 1. The molecule has 0 amide bonds. The number of methoxy groups -OCH3 is 1. The molecule has 1 aromatic rings. The number of esters is 1. The van der Waals surface area contributed by atoms with Crippen LogP contribution in [0.3, 0.4) is 0 Å². The summed E-state index contributed by atoms with van der Waals surface area (Å²) in [6, 6.07) is 0. The van der Waals surface area contributed by atoms with Gasteiger partial charge < -0.3 is 9.16 Å². The Morgan fingerprint density at radius 1 is 1.38 bits per heavy atom. The van der Waals surface area contributed by atoms with E-state index in [-0.39, 0.29) is 11.0 Å². The number of aromatic nitrogens is 2. The van der Waals surface area contributed by atoms with E-state index in [1.165, 1.54) is 7.11 Å². The van der Waals surface area contributed by atoms with Crippen molar-refractivity contribution in [1.82, 2.24) is 9.78 Å². The summed E-state index contributed by atoms with van der Waals surface area (Å²) in [7, 11) is -0.391. The van der Waals surface area contributed by atoms with E-state index in [1.54, 1.807) is 4.68 Å². The Balaban J connectivity index is 2.82. The molecule has 1 aromatic heterocycles. The van der Waals surface area contributed by atoms with Crippen LogP contribution in [0.1, 0.15) is 37.0 Å². The highest BCUT2D eigenvalue weighted by atomic mass is 127. The summed E-state index contributed by atoms with van der Waals surface area (Å²) in [6.45, 7) is 14.1. The molecule has 0 atom stereocenters. The number of halogens is 1. The third kappa shape index (κ3) is 4.29. The van der Waals surface area contributed by atoms with Crippen LogP contribution in [0.2, 0.25) is 18.1 Å². The molecule has 1 heterocycles. The minimum Gasteiger partial charge on any atom is -0.464 e. The molecule has 0 aliphatic heterocycles. The molecule has 120 valence electrons. The molecule has 0 aromatic carbocycles. The van der Waals surface area contributed by atoms with Gasteiger partial charge in [-0.2, -0.15) is 5.10 Å². The number of carbonyl (C=O) groups is 1. The van der Waals surface area contributed by atoms with E-state index in [9.17, 15) is 4.79 Å². The van der Waals surface area contributed by atoms with Gasteiger partial charge in [-0.1, -0.05) is 20.8 Å². The second-order valence-electron chi connectivity index (χ2n) is 6.57. The van der Waals surface area contributed by atoms with Crippen LogP contribution < -0.4 is 0 Å². The highest BCUT2D eigenvalue weighted by molar-refractivity contribution is 14.1.